The van der Waals surface area contributed by atoms with Gasteiger partial charge in [0, 0.05) is 27.6 Å². The topological polar surface area (TPSA) is 116 Å². The summed E-state index contributed by atoms with van der Waals surface area (Å²) < 4.78 is 1.71. The van der Waals surface area contributed by atoms with Gasteiger partial charge in [-0.05, 0) is 95.2 Å². The van der Waals surface area contributed by atoms with Gasteiger partial charge in [0.2, 0.25) is 5.13 Å². The second-order valence-corrected chi connectivity index (χ2v) is 15.9. The molecule has 0 bridgehead atoms. The highest BCUT2D eigenvalue weighted by molar-refractivity contribution is 7.14. The lowest BCUT2D eigenvalue weighted by Crippen LogP contribution is -2.39. The Morgan fingerprint density at radius 3 is 2.45 bits per heavy atom. The highest BCUT2D eigenvalue weighted by Crippen LogP contribution is 2.37. The number of benzene rings is 1. The quantitative estimate of drug-likeness (QED) is 0.253. The Morgan fingerprint density at radius 2 is 1.80 bits per heavy atom. The number of hydrogen-bond donors (Lipinski definition) is 2. The summed E-state index contributed by atoms with van der Waals surface area (Å²) in [6, 6.07) is 6.33. The fourth-order valence-corrected chi connectivity index (χ4v) is 8.09. The van der Waals surface area contributed by atoms with Gasteiger partial charge in [-0.15, -0.1) is 5.11 Å². The van der Waals surface area contributed by atoms with E-state index in [1.807, 2.05) is 0 Å². The van der Waals surface area contributed by atoms with Crippen LogP contribution in [-0.2, 0) is 11.8 Å². The number of azo groups is 1. The van der Waals surface area contributed by atoms with Gasteiger partial charge in [0.25, 0.3) is 0 Å². The lowest BCUT2D eigenvalue weighted by molar-refractivity contribution is 0.558. The van der Waals surface area contributed by atoms with E-state index in [0.29, 0.717) is 28.1 Å². The van der Waals surface area contributed by atoms with Gasteiger partial charge < -0.3 is 10.6 Å². The van der Waals surface area contributed by atoms with E-state index in [9.17, 15) is 5.26 Å². The summed E-state index contributed by atoms with van der Waals surface area (Å²) in [7, 11) is 0. The molecule has 0 fully saturated rings. The summed E-state index contributed by atoms with van der Waals surface area (Å²) in [5, 5.41) is 33.3. The van der Waals surface area contributed by atoms with Gasteiger partial charge in [-0.1, -0.05) is 74.5 Å². The van der Waals surface area contributed by atoms with Crippen LogP contribution < -0.4 is 10.6 Å². The number of allylic oxidation sites excluding steroid dienone is 5. The second kappa shape index (κ2) is 13.4. The zero-order valence-electron chi connectivity index (χ0n) is 30.4. The molecular weight excluding hydrogens is 627 g/mol. The van der Waals surface area contributed by atoms with Gasteiger partial charge in [0.05, 0.1) is 11.4 Å². The Bertz CT molecular complexity index is 2010. The molecule has 3 unspecified atom stereocenters. The highest BCUT2D eigenvalue weighted by Gasteiger charge is 2.32. The predicted octanol–water partition coefficient (Wildman–Crippen LogP) is 9.48. The van der Waals surface area contributed by atoms with Gasteiger partial charge in [-0.3, -0.25) is 0 Å². The lowest BCUT2D eigenvalue weighted by atomic mass is 9.89. The molecule has 3 atom stereocenters. The molecule has 0 saturated heterocycles. The van der Waals surface area contributed by atoms with E-state index in [0.717, 1.165) is 53.2 Å². The summed E-state index contributed by atoms with van der Waals surface area (Å²) in [4.78, 5) is 11.3. The zero-order chi connectivity index (χ0) is 35.2. The van der Waals surface area contributed by atoms with E-state index >= 15 is 0 Å². The number of rotatable bonds is 6. The summed E-state index contributed by atoms with van der Waals surface area (Å²) in [6.45, 7) is 21.2. The van der Waals surface area contributed by atoms with Gasteiger partial charge >= 0.3 is 0 Å². The summed E-state index contributed by atoms with van der Waals surface area (Å²) in [6.07, 6.45) is 11.0. The largest absolute Gasteiger partial charge is 0.361 e. The molecule has 2 aliphatic carbocycles. The van der Waals surface area contributed by atoms with Gasteiger partial charge in [-0.25, -0.2) is 9.98 Å². The first-order valence-electron chi connectivity index (χ1n) is 17.1. The van der Waals surface area contributed by atoms with Crippen molar-refractivity contribution >= 4 is 34.8 Å². The van der Waals surface area contributed by atoms with Crippen molar-refractivity contribution in [3.8, 4) is 11.2 Å². The number of nitrogens with zero attached hydrogens (tertiary/aromatic N) is 7. The fraction of sp³-hybridized carbons (Fsp3) is 0.436. The number of anilines is 1. The van der Waals surface area contributed by atoms with Crippen molar-refractivity contribution in [2.24, 2.45) is 21.1 Å². The third-order valence-electron chi connectivity index (χ3n) is 9.32. The second-order valence-electron chi connectivity index (χ2n) is 14.8. The van der Waals surface area contributed by atoms with E-state index in [4.69, 9.17) is 25.3 Å². The molecule has 1 aliphatic heterocycles. The number of nitrogens with one attached hydrogen (secondary N) is 2. The molecule has 3 aromatic rings. The van der Waals surface area contributed by atoms with Crippen LogP contribution in [0.4, 0.5) is 11.5 Å². The van der Waals surface area contributed by atoms with Crippen LogP contribution in [0.3, 0.4) is 0 Å². The zero-order valence-corrected chi connectivity index (χ0v) is 31.2. The average molecular weight is 674 g/mol. The molecule has 0 radical (unpaired) electrons. The number of aryl methyl sites for hydroxylation is 4. The molecule has 0 saturated carbocycles. The third-order valence-corrected chi connectivity index (χ3v) is 10.4. The van der Waals surface area contributed by atoms with Gasteiger partial charge in [0.1, 0.15) is 29.7 Å². The molecule has 3 aliphatic rings. The molecule has 2 N–H and O–H groups in total. The average Bonchev–Trinajstić information content (AvgIpc) is 3.61. The van der Waals surface area contributed by atoms with E-state index in [1.54, 1.807) is 16.0 Å². The minimum Gasteiger partial charge on any atom is -0.361 e. The molecule has 49 heavy (non-hydrogen) atoms. The fourth-order valence-electron chi connectivity index (χ4n) is 7.08. The molecule has 0 spiro atoms. The molecule has 254 valence electrons. The van der Waals surface area contributed by atoms with Crippen molar-refractivity contribution in [1.29, 1.82) is 5.26 Å². The van der Waals surface area contributed by atoms with Crippen molar-refractivity contribution in [3.05, 3.63) is 91.3 Å². The van der Waals surface area contributed by atoms with Gasteiger partial charge in [-0.2, -0.15) is 20.2 Å². The Hall–Kier alpha value is -4.62. The van der Waals surface area contributed by atoms with E-state index in [2.05, 4.69) is 122 Å². The molecule has 10 heteroatoms. The van der Waals surface area contributed by atoms with Crippen molar-refractivity contribution in [1.82, 2.24) is 20.1 Å². The molecular formula is C39H47N9S. The van der Waals surface area contributed by atoms with Gasteiger partial charge in [0.15, 0.2) is 5.82 Å². The maximum Gasteiger partial charge on any atom is 0.213 e. The van der Waals surface area contributed by atoms with Crippen molar-refractivity contribution in [2.75, 3.05) is 5.32 Å². The third kappa shape index (κ3) is 6.95. The lowest BCUT2D eigenvalue weighted by Gasteiger charge is -2.31. The van der Waals surface area contributed by atoms with E-state index < -0.39 is 12.2 Å². The van der Waals surface area contributed by atoms with Crippen LogP contribution in [0, 0.1) is 38.0 Å². The number of fused-ring (bicyclic) bond motifs is 1. The van der Waals surface area contributed by atoms with Crippen LogP contribution in [0.15, 0.2) is 68.0 Å². The van der Waals surface area contributed by atoms with Crippen LogP contribution in [0.2, 0.25) is 0 Å². The SMILES string of the molecule is CC1=CC(C)=C(NC2=NC(Nc3c(C)cc(C)cc3C)C(N=Nc3c(C#N)c(C(C)(C)C)nn3-c3nc4c(s3)CCC=C4)C(C)=C2)C(C)C1. The standard InChI is InChI=1S/C39H47N9S/c1-21-15-23(3)32(24(4)16-21)42-31-19-27(7)34(36(43-31)44-33-25(5)17-22(2)18-26(33)6)45-46-37-28(20-40)35(39(8,9)10)47-48(37)38-41-29-13-11-12-14-30(29)49-38/h11,13,15,17-19,24,34,36,44H,12,14,16H2,1-10H3,(H,42,43). The summed E-state index contributed by atoms with van der Waals surface area (Å²) >= 11 is 1.60. The summed E-state index contributed by atoms with van der Waals surface area (Å²) in [5.41, 5.74) is 11.0. The maximum absolute atomic E-state index is 10.5. The molecule has 2 aromatic heterocycles. The van der Waals surface area contributed by atoms with Crippen LogP contribution in [-0.4, -0.2) is 32.8 Å². The van der Waals surface area contributed by atoms with Crippen LogP contribution in [0.25, 0.3) is 11.2 Å². The van der Waals surface area contributed by atoms with Crippen LogP contribution in [0.1, 0.15) is 99.8 Å². The molecule has 3 heterocycles. The Labute approximate surface area is 294 Å². The monoisotopic (exact) mass is 673 g/mol. The maximum atomic E-state index is 10.5. The number of amidine groups is 1. The molecule has 9 nitrogen and oxygen atoms in total. The minimum atomic E-state index is -0.449. The molecule has 0 amide bonds. The van der Waals surface area contributed by atoms with E-state index in [-0.39, 0.29) is 5.41 Å². The highest BCUT2D eigenvalue weighted by atomic mass is 32.1. The Morgan fingerprint density at radius 1 is 1.06 bits per heavy atom. The van der Waals surface area contributed by atoms with Crippen molar-refractivity contribution in [3.63, 3.8) is 0 Å². The summed E-state index contributed by atoms with van der Waals surface area (Å²) in [5.74, 6) is 1.54. The van der Waals surface area contributed by atoms with Crippen molar-refractivity contribution in [2.45, 2.75) is 106 Å². The minimum absolute atomic E-state index is 0.362. The van der Waals surface area contributed by atoms with Crippen LogP contribution in [0.5, 0.6) is 0 Å². The smallest absolute Gasteiger partial charge is 0.213 e. The first kappa shape index (κ1) is 34.3. The first-order valence-corrected chi connectivity index (χ1v) is 17.9. The first-order chi connectivity index (χ1) is 23.2. The number of aromatic nitrogens is 3. The van der Waals surface area contributed by atoms with Crippen LogP contribution >= 0.6 is 11.3 Å². The number of thiazole rings is 1. The molecule has 6 rings (SSSR count). The Balaban J connectivity index is 1.43. The molecule has 1 aromatic carbocycles. The Kier molecular flexibility index (Phi) is 9.34. The van der Waals surface area contributed by atoms with E-state index in [1.165, 1.54) is 27.3 Å². The van der Waals surface area contributed by atoms with Crippen molar-refractivity contribution < 1.29 is 0 Å². The number of hydrogen-bond acceptors (Lipinski definition) is 9. The predicted molar refractivity (Wildman–Crippen MR) is 201 cm³/mol. The number of dihydropyridines is 1. The number of nitriles is 1. The normalized spacial score (nSPS) is 20.9. The number of aliphatic imine (C=N–C) groups is 1.